The van der Waals surface area contributed by atoms with Crippen LogP contribution in [0.15, 0.2) is 0 Å². The first-order valence-corrected chi connectivity index (χ1v) is 14.9. The summed E-state index contributed by atoms with van der Waals surface area (Å²) >= 11 is 0. The van der Waals surface area contributed by atoms with Crippen molar-refractivity contribution in [3.63, 3.8) is 0 Å². The van der Waals surface area contributed by atoms with E-state index in [2.05, 4.69) is 57.5 Å². The summed E-state index contributed by atoms with van der Waals surface area (Å²) in [5.74, 6) is 3.29. The van der Waals surface area contributed by atoms with Gasteiger partial charge in [0.2, 0.25) is 0 Å². The fourth-order valence-electron chi connectivity index (χ4n) is 7.89. The molecule has 3 saturated carbocycles. The van der Waals surface area contributed by atoms with Crippen LogP contribution in [0.5, 0.6) is 0 Å². The van der Waals surface area contributed by atoms with E-state index in [-0.39, 0.29) is 24.3 Å². The van der Waals surface area contributed by atoms with Crippen molar-refractivity contribution >= 4 is 0 Å². The lowest BCUT2D eigenvalue weighted by Gasteiger charge is -2.51. The molecule has 5 unspecified atom stereocenters. The maximum atomic E-state index is 11.1. The van der Waals surface area contributed by atoms with Crippen LogP contribution in [0.2, 0.25) is 0 Å². The van der Waals surface area contributed by atoms with Gasteiger partial charge >= 0.3 is 0 Å². The van der Waals surface area contributed by atoms with E-state index in [1.807, 2.05) is 0 Å². The smallest absolute Gasteiger partial charge is 0.0649 e. The maximum absolute atomic E-state index is 11.1. The van der Waals surface area contributed by atoms with Crippen LogP contribution < -0.4 is 16.0 Å². The van der Waals surface area contributed by atoms with E-state index in [0.29, 0.717) is 35.0 Å². The standard InChI is InChI=1S/C30H57N3O2/c1-29(2,3)21-12-8-19(9-13-21)26-31-27(20-10-14-22(15-11-20)30(4,5)6)33-28(32-26)24-17-16-23(35-7)18-25(24)34/h19-28,31-34H,8-18H2,1-7H3. The summed E-state index contributed by atoms with van der Waals surface area (Å²) < 4.78 is 5.59. The predicted molar refractivity (Wildman–Crippen MR) is 145 cm³/mol. The van der Waals surface area contributed by atoms with Gasteiger partial charge in [-0.05, 0) is 105 Å². The van der Waals surface area contributed by atoms with Crippen molar-refractivity contribution in [2.45, 2.75) is 143 Å². The molecule has 5 nitrogen and oxygen atoms in total. The van der Waals surface area contributed by atoms with Crippen molar-refractivity contribution in [1.29, 1.82) is 0 Å². The molecule has 1 heterocycles. The quantitative estimate of drug-likeness (QED) is 0.411. The van der Waals surface area contributed by atoms with E-state index >= 15 is 0 Å². The lowest BCUT2D eigenvalue weighted by atomic mass is 9.68. The van der Waals surface area contributed by atoms with Crippen LogP contribution >= 0.6 is 0 Å². The monoisotopic (exact) mass is 491 g/mol. The Hall–Kier alpha value is -0.200. The Kier molecular flexibility index (Phi) is 8.96. The molecule has 5 heteroatoms. The van der Waals surface area contributed by atoms with Crippen LogP contribution in [-0.2, 0) is 4.74 Å². The number of aliphatic hydroxyl groups excluding tert-OH is 1. The van der Waals surface area contributed by atoms with Gasteiger partial charge in [0, 0.05) is 13.0 Å². The van der Waals surface area contributed by atoms with Crippen molar-refractivity contribution in [2.24, 2.45) is 40.4 Å². The molecule has 0 aromatic heterocycles. The molecule has 4 N–H and O–H groups in total. The van der Waals surface area contributed by atoms with Crippen LogP contribution in [0.3, 0.4) is 0 Å². The van der Waals surface area contributed by atoms with Crippen molar-refractivity contribution in [3.05, 3.63) is 0 Å². The van der Waals surface area contributed by atoms with Gasteiger partial charge in [-0.2, -0.15) is 0 Å². The molecule has 0 amide bonds. The molecule has 5 atom stereocenters. The van der Waals surface area contributed by atoms with Gasteiger partial charge in [0.05, 0.1) is 30.7 Å². The molecule has 0 radical (unpaired) electrons. The van der Waals surface area contributed by atoms with Gasteiger partial charge in [0.1, 0.15) is 0 Å². The average Bonchev–Trinajstić information content (AvgIpc) is 2.82. The van der Waals surface area contributed by atoms with Crippen LogP contribution in [0.25, 0.3) is 0 Å². The highest BCUT2D eigenvalue weighted by molar-refractivity contribution is 4.98. The van der Waals surface area contributed by atoms with E-state index in [1.54, 1.807) is 7.11 Å². The number of methoxy groups -OCH3 is 1. The Labute approximate surface area is 216 Å². The SMILES string of the molecule is COC1CCC(C2NC(C3CCC(C(C)(C)C)CC3)NC(C3CCC(C(C)(C)C)CC3)N2)C(O)C1. The minimum Gasteiger partial charge on any atom is -0.393 e. The van der Waals surface area contributed by atoms with E-state index in [0.717, 1.165) is 31.1 Å². The topological polar surface area (TPSA) is 65.5 Å². The number of ether oxygens (including phenoxy) is 1. The lowest BCUT2D eigenvalue weighted by Crippen LogP contribution is -2.73. The molecule has 4 aliphatic rings. The molecule has 1 saturated heterocycles. The zero-order chi connectivity index (χ0) is 25.4. The molecule has 204 valence electrons. The first-order valence-electron chi connectivity index (χ1n) is 14.9. The zero-order valence-corrected chi connectivity index (χ0v) is 23.9. The second-order valence-electron chi connectivity index (χ2n) is 14.8. The van der Waals surface area contributed by atoms with Crippen molar-refractivity contribution in [2.75, 3.05) is 7.11 Å². The Balaban J connectivity index is 1.44. The molecule has 35 heavy (non-hydrogen) atoms. The predicted octanol–water partition coefficient (Wildman–Crippen LogP) is 5.63. The normalized spacial score (nSPS) is 44.2. The van der Waals surface area contributed by atoms with Gasteiger partial charge in [-0.25, -0.2) is 0 Å². The number of rotatable bonds is 4. The molecule has 1 aliphatic heterocycles. The Morgan fingerprint density at radius 1 is 0.600 bits per heavy atom. The third-order valence-electron chi connectivity index (χ3n) is 10.6. The molecular formula is C30H57N3O2. The lowest BCUT2D eigenvalue weighted by molar-refractivity contribution is -0.0504. The number of aliphatic hydroxyl groups is 1. The Bertz CT molecular complexity index is 613. The van der Waals surface area contributed by atoms with Crippen molar-refractivity contribution in [1.82, 2.24) is 16.0 Å². The minimum atomic E-state index is -0.300. The van der Waals surface area contributed by atoms with Gasteiger partial charge in [-0.15, -0.1) is 0 Å². The molecule has 4 fully saturated rings. The molecule has 0 bridgehead atoms. The first kappa shape index (κ1) is 27.8. The van der Waals surface area contributed by atoms with Gasteiger partial charge < -0.3 is 9.84 Å². The van der Waals surface area contributed by atoms with Gasteiger partial charge in [0.15, 0.2) is 0 Å². The summed E-state index contributed by atoms with van der Waals surface area (Å²) in [6, 6.07) is 0. The van der Waals surface area contributed by atoms with Crippen LogP contribution in [0.4, 0.5) is 0 Å². The van der Waals surface area contributed by atoms with Crippen LogP contribution in [0, 0.1) is 40.4 Å². The molecular weight excluding hydrogens is 434 g/mol. The molecule has 0 spiro atoms. The van der Waals surface area contributed by atoms with Crippen molar-refractivity contribution < 1.29 is 9.84 Å². The average molecular weight is 492 g/mol. The van der Waals surface area contributed by atoms with Gasteiger partial charge in [-0.3, -0.25) is 16.0 Å². The molecule has 3 aliphatic carbocycles. The van der Waals surface area contributed by atoms with Crippen LogP contribution in [-0.4, -0.2) is 42.9 Å². The summed E-state index contributed by atoms with van der Waals surface area (Å²) in [6.45, 7) is 14.5. The Morgan fingerprint density at radius 2 is 1.03 bits per heavy atom. The maximum Gasteiger partial charge on any atom is 0.0649 e. The molecule has 4 rings (SSSR count). The summed E-state index contributed by atoms with van der Waals surface area (Å²) in [5.41, 5.74) is 0.835. The first-order chi connectivity index (χ1) is 16.5. The van der Waals surface area contributed by atoms with Gasteiger partial charge in [-0.1, -0.05) is 41.5 Å². The third kappa shape index (κ3) is 6.82. The second-order valence-corrected chi connectivity index (χ2v) is 14.8. The number of hydrogen-bond acceptors (Lipinski definition) is 5. The zero-order valence-electron chi connectivity index (χ0n) is 23.9. The summed E-state index contributed by atoms with van der Waals surface area (Å²) in [7, 11) is 1.78. The summed E-state index contributed by atoms with van der Waals surface area (Å²) in [5, 5.41) is 23.1. The molecule has 0 aromatic rings. The Morgan fingerprint density at radius 3 is 1.40 bits per heavy atom. The summed E-state index contributed by atoms with van der Waals surface area (Å²) in [6.07, 6.45) is 14.2. The minimum absolute atomic E-state index is 0.180. The summed E-state index contributed by atoms with van der Waals surface area (Å²) in [4.78, 5) is 0. The largest absolute Gasteiger partial charge is 0.393 e. The highest BCUT2D eigenvalue weighted by atomic mass is 16.5. The third-order valence-corrected chi connectivity index (χ3v) is 10.6. The fraction of sp³-hybridized carbons (Fsp3) is 1.00. The highest BCUT2D eigenvalue weighted by Crippen LogP contribution is 2.43. The molecule has 0 aromatic carbocycles. The van der Waals surface area contributed by atoms with Crippen LogP contribution in [0.1, 0.15) is 112 Å². The highest BCUT2D eigenvalue weighted by Gasteiger charge is 2.44. The van der Waals surface area contributed by atoms with Crippen molar-refractivity contribution in [3.8, 4) is 0 Å². The van der Waals surface area contributed by atoms with E-state index in [9.17, 15) is 5.11 Å². The number of nitrogens with one attached hydrogen (secondary N) is 3. The number of hydrogen-bond donors (Lipinski definition) is 4. The second kappa shape index (κ2) is 11.3. The van der Waals surface area contributed by atoms with E-state index < -0.39 is 0 Å². The fourth-order valence-corrected chi connectivity index (χ4v) is 7.89. The van der Waals surface area contributed by atoms with E-state index in [1.165, 1.54) is 51.4 Å². The van der Waals surface area contributed by atoms with E-state index in [4.69, 9.17) is 4.74 Å². The van der Waals surface area contributed by atoms with Gasteiger partial charge in [0.25, 0.3) is 0 Å².